The molecule has 0 saturated heterocycles. The zero-order valence-electron chi connectivity index (χ0n) is 20.5. The first-order valence-electron chi connectivity index (χ1n) is 11.7. The van der Waals surface area contributed by atoms with Gasteiger partial charge in [-0.3, -0.25) is 13.9 Å². The average molecular weight is 559 g/mol. The Balaban J connectivity index is 1.59. The third kappa shape index (κ3) is 5.15. The molecule has 0 bridgehead atoms. The van der Waals surface area contributed by atoms with Crippen LogP contribution in [0.3, 0.4) is 0 Å². The van der Waals surface area contributed by atoms with E-state index in [0.29, 0.717) is 5.56 Å². The maximum atomic E-state index is 13.7. The summed E-state index contributed by atoms with van der Waals surface area (Å²) < 4.78 is 83.1. The molecule has 0 aliphatic rings. The van der Waals surface area contributed by atoms with Crippen molar-refractivity contribution in [1.29, 1.82) is 0 Å². The Bertz CT molecular complexity index is 1710. The second-order valence-electron chi connectivity index (χ2n) is 8.89. The van der Waals surface area contributed by atoms with Gasteiger partial charge in [-0.1, -0.05) is 30.3 Å². The number of imidazole rings is 1. The van der Waals surface area contributed by atoms with Crippen molar-refractivity contribution < 1.29 is 36.2 Å². The Kier molecular flexibility index (Phi) is 6.62. The van der Waals surface area contributed by atoms with E-state index in [1.54, 1.807) is 37.4 Å². The van der Waals surface area contributed by atoms with Crippen LogP contribution in [-0.4, -0.2) is 36.4 Å². The highest BCUT2D eigenvalue weighted by Gasteiger charge is 2.39. The molecule has 7 nitrogen and oxygen atoms in total. The van der Waals surface area contributed by atoms with Crippen molar-refractivity contribution in [2.24, 2.45) is 7.05 Å². The van der Waals surface area contributed by atoms with Gasteiger partial charge in [0.15, 0.2) is 6.10 Å². The number of aliphatic hydroxyl groups excluding tert-OH is 1. The van der Waals surface area contributed by atoms with E-state index in [0.717, 1.165) is 30.3 Å². The first-order valence-corrected chi connectivity index (χ1v) is 11.7. The summed E-state index contributed by atoms with van der Waals surface area (Å²) in [6.07, 6.45) is -9.68. The monoisotopic (exact) mass is 559 g/mol. The van der Waals surface area contributed by atoms with Crippen molar-refractivity contribution in [2.75, 3.05) is 5.32 Å². The predicted molar refractivity (Wildman–Crippen MR) is 133 cm³/mol. The first kappa shape index (κ1) is 26.9. The molecular formula is C27H19F6N5O2. The van der Waals surface area contributed by atoms with Crippen molar-refractivity contribution in [2.45, 2.75) is 18.5 Å². The minimum atomic E-state index is -4.90. The molecule has 0 aliphatic carbocycles. The number of aryl methyl sites for hydroxylation is 1. The Labute approximate surface area is 222 Å². The van der Waals surface area contributed by atoms with E-state index in [-0.39, 0.29) is 34.0 Å². The van der Waals surface area contributed by atoms with E-state index in [1.165, 1.54) is 27.5 Å². The van der Waals surface area contributed by atoms with Crippen LogP contribution in [0.1, 0.15) is 27.6 Å². The van der Waals surface area contributed by atoms with E-state index >= 15 is 0 Å². The van der Waals surface area contributed by atoms with Gasteiger partial charge in [0.05, 0.1) is 11.3 Å². The highest BCUT2D eigenvalue weighted by atomic mass is 19.4. The largest absolute Gasteiger partial charge is 0.418 e. The van der Waals surface area contributed by atoms with Crippen molar-refractivity contribution in [3.05, 3.63) is 95.8 Å². The number of halogens is 6. The number of hydrogen-bond donors (Lipinski definition) is 2. The molecule has 0 spiro atoms. The van der Waals surface area contributed by atoms with Gasteiger partial charge in [0.25, 0.3) is 5.91 Å². The molecule has 3 heterocycles. The number of pyridine rings is 1. The lowest BCUT2D eigenvalue weighted by Gasteiger charge is -2.15. The van der Waals surface area contributed by atoms with Gasteiger partial charge in [-0.05, 0) is 42.0 Å². The number of amides is 1. The SMILES string of the molecule is Cn1ccc(-c2cc(C(=O)Nc3c(-c4ccccc4)nc4cc([C@H](O)C(F)(F)F)ccn34)ccc2C(F)(F)F)n1. The quantitative estimate of drug-likeness (QED) is 0.249. The summed E-state index contributed by atoms with van der Waals surface area (Å²) in [4.78, 5) is 17.7. The number of aromatic nitrogens is 4. The molecule has 1 atom stereocenters. The van der Waals surface area contributed by atoms with Gasteiger partial charge in [-0.15, -0.1) is 0 Å². The number of fused-ring (bicyclic) bond motifs is 1. The molecule has 3 aromatic heterocycles. The number of aliphatic hydroxyl groups is 1. The number of nitrogens with zero attached hydrogens (tertiary/aromatic N) is 4. The van der Waals surface area contributed by atoms with Gasteiger partial charge < -0.3 is 10.4 Å². The Hall–Kier alpha value is -4.65. The van der Waals surface area contributed by atoms with Crippen molar-refractivity contribution in [3.63, 3.8) is 0 Å². The molecule has 5 rings (SSSR count). The molecule has 5 aromatic rings. The number of carbonyl (C=O) groups excluding carboxylic acids is 1. The fourth-order valence-corrected chi connectivity index (χ4v) is 4.22. The molecule has 40 heavy (non-hydrogen) atoms. The van der Waals surface area contributed by atoms with Crippen molar-refractivity contribution >= 4 is 17.4 Å². The molecule has 206 valence electrons. The summed E-state index contributed by atoms with van der Waals surface area (Å²) >= 11 is 0. The summed E-state index contributed by atoms with van der Waals surface area (Å²) in [5.74, 6) is -0.720. The van der Waals surface area contributed by atoms with Crippen LogP contribution in [0.25, 0.3) is 28.2 Å². The predicted octanol–water partition coefficient (Wildman–Crippen LogP) is 6.27. The lowest BCUT2D eigenvalue weighted by molar-refractivity contribution is -0.206. The maximum absolute atomic E-state index is 13.7. The summed E-state index contributed by atoms with van der Waals surface area (Å²) in [5, 5.41) is 16.4. The third-order valence-electron chi connectivity index (χ3n) is 6.13. The van der Waals surface area contributed by atoms with Gasteiger partial charge in [0.1, 0.15) is 17.2 Å². The summed E-state index contributed by atoms with van der Waals surface area (Å²) in [7, 11) is 1.54. The molecule has 13 heteroatoms. The number of benzene rings is 2. The molecular weight excluding hydrogens is 540 g/mol. The van der Waals surface area contributed by atoms with Crippen LogP contribution >= 0.6 is 0 Å². The number of hydrogen-bond acceptors (Lipinski definition) is 4. The zero-order chi connectivity index (χ0) is 28.8. The second-order valence-corrected chi connectivity index (χ2v) is 8.89. The minimum Gasteiger partial charge on any atom is -0.379 e. The topological polar surface area (TPSA) is 84.5 Å². The number of anilines is 1. The summed E-state index contributed by atoms with van der Waals surface area (Å²) in [6, 6.07) is 14.8. The molecule has 0 fully saturated rings. The van der Waals surface area contributed by atoms with E-state index in [2.05, 4.69) is 15.4 Å². The summed E-state index contributed by atoms with van der Waals surface area (Å²) in [5.41, 5.74) is -1.12. The van der Waals surface area contributed by atoms with Gasteiger partial charge in [0, 0.05) is 36.1 Å². The van der Waals surface area contributed by atoms with Crippen LogP contribution in [0.5, 0.6) is 0 Å². The Morgan fingerprint density at radius 1 is 0.950 bits per heavy atom. The maximum Gasteiger partial charge on any atom is 0.418 e. The normalized spacial score (nSPS) is 13.0. The van der Waals surface area contributed by atoms with Crippen LogP contribution in [0.4, 0.5) is 32.2 Å². The number of rotatable bonds is 5. The van der Waals surface area contributed by atoms with E-state index in [9.17, 15) is 36.2 Å². The standard InChI is InChI=1S/C27H19F6N5O2/c1-37-11-10-20(36-37)18-13-17(7-8-19(18)26(28,29)30)25(40)35-24-22(15-5-3-2-4-6-15)34-21-14-16(9-12-38(21)24)23(39)27(31,32)33/h2-14,23,39H,1H3,(H,35,40)/t23-/m0/s1. The van der Waals surface area contributed by atoms with Crippen molar-refractivity contribution in [1.82, 2.24) is 19.2 Å². The molecule has 0 unspecified atom stereocenters. The zero-order valence-corrected chi connectivity index (χ0v) is 20.5. The highest BCUT2D eigenvalue weighted by Crippen LogP contribution is 2.38. The van der Waals surface area contributed by atoms with Crippen LogP contribution in [0, 0.1) is 0 Å². The van der Waals surface area contributed by atoms with E-state index < -0.39 is 35.5 Å². The highest BCUT2D eigenvalue weighted by molar-refractivity contribution is 6.06. The lowest BCUT2D eigenvalue weighted by atomic mass is 10.0. The lowest BCUT2D eigenvalue weighted by Crippen LogP contribution is -2.20. The fourth-order valence-electron chi connectivity index (χ4n) is 4.22. The fraction of sp³-hybridized carbons (Fsp3) is 0.148. The van der Waals surface area contributed by atoms with Crippen LogP contribution in [0.2, 0.25) is 0 Å². The number of nitrogens with one attached hydrogen (secondary N) is 1. The molecule has 1 amide bonds. The molecule has 0 saturated carbocycles. The van der Waals surface area contributed by atoms with Gasteiger partial charge >= 0.3 is 12.4 Å². The average Bonchev–Trinajstić information content (AvgIpc) is 3.50. The summed E-state index contributed by atoms with van der Waals surface area (Å²) in [6.45, 7) is 0. The van der Waals surface area contributed by atoms with Crippen LogP contribution in [0.15, 0.2) is 79.1 Å². The van der Waals surface area contributed by atoms with E-state index in [1.807, 2.05) is 0 Å². The first-order chi connectivity index (χ1) is 18.8. The third-order valence-corrected chi connectivity index (χ3v) is 6.13. The minimum absolute atomic E-state index is 0.00320. The van der Waals surface area contributed by atoms with Crippen molar-refractivity contribution in [3.8, 4) is 22.5 Å². The van der Waals surface area contributed by atoms with Gasteiger partial charge in [-0.2, -0.15) is 31.4 Å². The van der Waals surface area contributed by atoms with Crippen LogP contribution in [-0.2, 0) is 13.2 Å². The smallest absolute Gasteiger partial charge is 0.379 e. The van der Waals surface area contributed by atoms with E-state index in [4.69, 9.17) is 0 Å². The van der Waals surface area contributed by atoms with Gasteiger partial charge in [-0.25, -0.2) is 4.98 Å². The number of alkyl halides is 6. The number of carbonyl (C=O) groups is 1. The molecule has 0 radical (unpaired) electrons. The second kappa shape index (κ2) is 9.83. The Morgan fingerprint density at radius 3 is 2.30 bits per heavy atom. The Morgan fingerprint density at radius 2 is 1.68 bits per heavy atom. The van der Waals surface area contributed by atoms with Crippen LogP contribution < -0.4 is 5.32 Å². The molecule has 2 aromatic carbocycles. The molecule has 2 N–H and O–H groups in total. The van der Waals surface area contributed by atoms with Gasteiger partial charge in [0.2, 0.25) is 0 Å². The molecule has 0 aliphatic heterocycles.